The van der Waals surface area contributed by atoms with Gasteiger partial charge in [-0.05, 0) is 63.6 Å². The largest absolute Gasteiger partial charge is 0.336 e. The lowest BCUT2D eigenvalue weighted by Gasteiger charge is -2.09. The third-order valence-electron chi connectivity index (χ3n) is 7.08. The first-order valence-electron chi connectivity index (χ1n) is 11.6. The zero-order valence-electron chi connectivity index (χ0n) is 18.3. The maximum atomic E-state index is 2.45. The Hall–Kier alpha value is -4.10. The van der Waals surface area contributed by atoms with Gasteiger partial charge in [-0.15, -0.1) is 0 Å². The highest BCUT2D eigenvalue weighted by Gasteiger charge is 2.18. The van der Waals surface area contributed by atoms with Gasteiger partial charge in [0.25, 0.3) is 0 Å². The molecular weight excluding hydrogens is 398 g/mol. The van der Waals surface area contributed by atoms with Crippen molar-refractivity contribution in [1.29, 1.82) is 0 Å². The standard InChI is InChI=1S/C32H23N/c1-2-8-22(9-3-1)21-33-31-13-7-6-12-29(31)30-20-24(15-17-32(30)33)23-14-16-28-26(18-23)19-25-10-4-5-11-27(25)28/h1-18,20H,19,21H2. The molecule has 7 rings (SSSR count). The quantitative estimate of drug-likeness (QED) is 0.272. The highest BCUT2D eigenvalue weighted by molar-refractivity contribution is 6.09. The topological polar surface area (TPSA) is 4.93 Å². The molecule has 0 aliphatic heterocycles. The molecule has 0 unspecified atom stereocenters. The molecule has 1 heteroatoms. The van der Waals surface area contributed by atoms with Crippen LogP contribution in [0, 0.1) is 0 Å². The monoisotopic (exact) mass is 421 g/mol. The molecule has 0 spiro atoms. The first-order chi connectivity index (χ1) is 16.3. The third kappa shape index (κ3) is 2.93. The normalized spacial score (nSPS) is 12.2. The predicted octanol–water partition coefficient (Wildman–Crippen LogP) is 8.08. The number of hydrogen-bond acceptors (Lipinski definition) is 0. The summed E-state index contributed by atoms with van der Waals surface area (Å²) in [5.74, 6) is 0. The molecular formula is C32H23N. The van der Waals surface area contributed by atoms with Crippen molar-refractivity contribution < 1.29 is 0 Å². The van der Waals surface area contributed by atoms with Crippen LogP contribution in [0.4, 0.5) is 0 Å². The van der Waals surface area contributed by atoms with E-state index in [0.717, 1.165) is 13.0 Å². The van der Waals surface area contributed by atoms with E-state index in [4.69, 9.17) is 0 Å². The predicted molar refractivity (Wildman–Crippen MR) is 139 cm³/mol. The number of aromatic nitrogens is 1. The van der Waals surface area contributed by atoms with E-state index in [0.29, 0.717) is 0 Å². The SMILES string of the molecule is c1ccc(Cn2c3ccccc3c3cc(-c4ccc5c(c4)Cc4ccccc4-5)ccc32)cc1. The van der Waals surface area contributed by atoms with Crippen LogP contribution in [0.1, 0.15) is 16.7 Å². The average molecular weight is 422 g/mol. The smallest absolute Gasteiger partial charge is 0.0494 e. The van der Waals surface area contributed by atoms with Gasteiger partial charge in [0.2, 0.25) is 0 Å². The van der Waals surface area contributed by atoms with E-state index in [1.165, 1.54) is 60.8 Å². The van der Waals surface area contributed by atoms with E-state index in [1.54, 1.807) is 0 Å². The Balaban J connectivity index is 1.36. The number of rotatable bonds is 3. The van der Waals surface area contributed by atoms with E-state index in [9.17, 15) is 0 Å². The highest BCUT2D eigenvalue weighted by atomic mass is 15.0. The fourth-order valence-corrected chi connectivity index (χ4v) is 5.49. The van der Waals surface area contributed by atoms with Gasteiger partial charge in [-0.2, -0.15) is 0 Å². The van der Waals surface area contributed by atoms with Gasteiger partial charge >= 0.3 is 0 Å². The van der Waals surface area contributed by atoms with Crippen molar-refractivity contribution in [3.05, 3.63) is 132 Å². The first kappa shape index (κ1) is 18.5. The summed E-state index contributed by atoms with van der Waals surface area (Å²) in [6, 6.07) is 42.2. The van der Waals surface area contributed by atoms with E-state index in [1.807, 2.05) is 0 Å². The lowest BCUT2D eigenvalue weighted by atomic mass is 9.98. The molecule has 6 aromatic rings. The van der Waals surface area contributed by atoms with Crippen LogP contribution < -0.4 is 0 Å². The Labute approximate surface area is 193 Å². The first-order valence-corrected chi connectivity index (χ1v) is 11.6. The minimum Gasteiger partial charge on any atom is -0.336 e. The van der Waals surface area contributed by atoms with Crippen molar-refractivity contribution in [3.63, 3.8) is 0 Å². The molecule has 0 N–H and O–H groups in total. The van der Waals surface area contributed by atoms with Crippen LogP contribution in [-0.4, -0.2) is 4.57 Å². The van der Waals surface area contributed by atoms with Crippen molar-refractivity contribution in [2.24, 2.45) is 0 Å². The number of fused-ring (bicyclic) bond motifs is 6. The lowest BCUT2D eigenvalue weighted by Crippen LogP contribution is -1.98. The van der Waals surface area contributed by atoms with Gasteiger partial charge in [0, 0.05) is 28.4 Å². The van der Waals surface area contributed by atoms with Gasteiger partial charge in [0.05, 0.1) is 0 Å². The molecule has 156 valence electrons. The highest BCUT2D eigenvalue weighted by Crippen LogP contribution is 2.39. The van der Waals surface area contributed by atoms with Gasteiger partial charge in [-0.3, -0.25) is 0 Å². The van der Waals surface area contributed by atoms with E-state index in [-0.39, 0.29) is 0 Å². The molecule has 0 bridgehead atoms. The van der Waals surface area contributed by atoms with Crippen LogP contribution in [-0.2, 0) is 13.0 Å². The second-order valence-electron chi connectivity index (χ2n) is 9.03. The minimum atomic E-state index is 0.876. The van der Waals surface area contributed by atoms with Crippen molar-refractivity contribution in [1.82, 2.24) is 4.57 Å². The summed E-state index contributed by atoms with van der Waals surface area (Å²) in [6.45, 7) is 0.876. The molecule has 1 heterocycles. The van der Waals surface area contributed by atoms with Crippen LogP contribution in [0.3, 0.4) is 0 Å². The molecule has 1 aliphatic rings. The Kier molecular flexibility index (Phi) is 4.04. The molecule has 1 nitrogen and oxygen atoms in total. The number of hydrogen-bond donors (Lipinski definition) is 0. The third-order valence-corrected chi connectivity index (χ3v) is 7.08. The molecule has 0 fully saturated rings. The maximum Gasteiger partial charge on any atom is 0.0494 e. The molecule has 33 heavy (non-hydrogen) atoms. The van der Waals surface area contributed by atoms with Crippen molar-refractivity contribution in [2.75, 3.05) is 0 Å². The van der Waals surface area contributed by atoms with Crippen molar-refractivity contribution in [3.8, 4) is 22.3 Å². The molecule has 0 saturated heterocycles. The Morgan fingerprint density at radius 3 is 2.15 bits per heavy atom. The molecule has 5 aromatic carbocycles. The summed E-state index contributed by atoms with van der Waals surface area (Å²) in [7, 11) is 0. The number of nitrogens with zero attached hydrogens (tertiary/aromatic N) is 1. The van der Waals surface area contributed by atoms with Gasteiger partial charge in [0.1, 0.15) is 0 Å². The summed E-state index contributed by atoms with van der Waals surface area (Å²) in [4.78, 5) is 0. The van der Waals surface area contributed by atoms with Crippen molar-refractivity contribution >= 4 is 21.8 Å². The summed E-state index contributed by atoms with van der Waals surface area (Å²) in [6.07, 6.45) is 1.03. The summed E-state index contributed by atoms with van der Waals surface area (Å²) < 4.78 is 2.45. The molecule has 0 saturated carbocycles. The van der Waals surface area contributed by atoms with Crippen molar-refractivity contribution in [2.45, 2.75) is 13.0 Å². The van der Waals surface area contributed by atoms with Gasteiger partial charge in [0.15, 0.2) is 0 Å². The van der Waals surface area contributed by atoms with Gasteiger partial charge < -0.3 is 4.57 Å². The molecule has 1 aromatic heterocycles. The Morgan fingerprint density at radius 2 is 1.21 bits per heavy atom. The lowest BCUT2D eigenvalue weighted by molar-refractivity contribution is 0.869. The van der Waals surface area contributed by atoms with Crippen LogP contribution in [0.25, 0.3) is 44.1 Å². The second kappa shape index (κ2) is 7.21. The van der Waals surface area contributed by atoms with E-state index < -0.39 is 0 Å². The summed E-state index contributed by atoms with van der Waals surface area (Å²) in [5, 5.41) is 2.64. The average Bonchev–Trinajstić information content (AvgIpc) is 3.40. The fraction of sp³-hybridized carbons (Fsp3) is 0.0625. The summed E-state index contributed by atoms with van der Waals surface area (Å²) in [5.41, 5.74) is 12.1. The Bertz CT molecular complexity index is 1650. The minimum absolute atomic E-state index is 0.876. The van der Waals surface area contributed by atoms with Crippen LogP contribution >= 0.6 is 0 Å². The molecule has 0 atom stereocenters. The van der Waals surface area contributed by atoms with E-state index >= 15 is 0 Å². The fourth-order valence-electron chi connectivity index (χ4n) is 5.49. The number of benzene rings is 5. The molecule has 0 radical (unpaired) electrons. The zero-order chi connectivity index (χ0) is 21.8. The van der Waals surface area contributed by atoms with Crippen LogP contribution in [0.2, 0.25) is 0 Å². The Morgan fingerprint density at radius 1 is 0.515 bits per heavy atom. The zero-order valence-corrected chi connectivity index (χ0v) is 18.3. The molecule has 1 aliphatic carbocycles. The maximum absolute atomic E-state index is 2.45. The summed E-state index contributed by atoms with van der Waals surface area (Å²) >= 11 is 0. The van der Waals surface area contributed by atoms with Crippen LogP contribution in [0.5, 0.6) is 0 Å². The number of para-hydroxylation sites is 1. The van der Waals surface area contributed by atoms with Gasteiger partial charge in [-0.1, -0.05) is 97.1 Å². The van der Waals surface area contributed by atoms with Crippen LogP contribution in [0.15, 0.2) is 115 Å². The van der Waals surface area contributed by atoms with Gasteiger partial charge in [-0.25, -0.2) is 0 Å². The second-order valence-corrected chi connectivity index (χ2v) is 9.03. The molecule has 0 amide bonds. The van der Waals surface area contributed by atoms with E-state index in [2.05, 4.69) is 120 Å².